The molecule has 0 bridgehead atoms. The molecule has 0 unspecified atom stereocenters. The molecule has 0 spiro atoms. The molecule has 1 fully saturated rings. The SMILES string of the molecule is CCN1CCc2cc(CN3CCCCC3)ccc2C1. The van der Waals surface area contributed by atoms with Gasteiger partial charge in [0.25, 0.3) is 0 Å². The number of likely N-dealkylation sites (tertiary alicyclic amines) is 1. The summed E-state index contributed by atoms with van der Waals surface area (Å²) in [6.07, 6.45) is 5.43. The van der Waals surface area contributed by atoms with E-state index in [2.05, 4.69) is 34.9 Å². The Morgan fingerprint density at radius 2 is 1.79 bits per heavy atom. The summed E-state index contributed by atoms with van der Waals surface area (Å²) in [5.74, 6) is 0. The van der Waals surface area contributed by atoms with Crippen LogP contribution in [0, 0.1) is 0 Å². The molecule has 0 amide bonds. The van der Waals surface area contributed by atoms with Crippen molar-refractivity contribution in [2.45, 2.75) is 45.7 Å². The fourth-order valence-corrected chi connectivity index (χ4v) is 3.41. The zero-order valence-electron chi connectivity index (χ0n) is 12.2. The highest BCUT2D eigenvalue weighted by Gasteiger charge is 2.16. The first-order valence-electron chi connectivity index (χ1n) is 7.90. The molecule has 2 aliphatic heterocycles. The molecule has 0 radical (unpaired) electrons. The highest BCUT2D eigenvalue weighted by atomic mass is 15.1. The molecule has 2 aliphatic rings. The van der Waals surface area contributed by atoms with E-state index in [1.54, 1.807) is 11.1 Å². The molecule has 1 saturated heterocycles. The van der Waals surface area contributed by atoms with Crippen molar-refractivity contribution in [2.75, 3.05) is 26.2 Å². The Morgan fingerprint density at radius 1 is 0.947 bits per heavy atom. The van der Waals surface area contributed by atoms with Gasteiger partial charge in [-0.05, 0) is 55.6 Å². The minimum atomic E-state index is 1.15. The summed E-state index contributed by atoms with van der Waals surface area (Å²) in [6, 6.07) is 7.19. The van der Waals surface area contributed by atoms with E-state index in [0.29, 0.717) is 0 Å². The summed E-state index contributed by atoms with van der Waals surface area (Å²) >= 11 is 0. The molecular formula is C17H26N2. The van der Waals surface area contributed by atoms with Gasteiger partial charge in [-0.2, -0.15) is 0 Å². The molecule has 2 heterocycles. The average molecular weight is 258 g/mol. The van der Waals surface area contributed by atoms with Crippen molar-refractivity contribution in [1.29, 1.82) is 0 Å². The van der Waals surface area contributed by atoms with E-state index in [-0.39, 0.29) is 0 Å². The third kappa shape index (κ3) is 3.18. The normalized spacial score (nSPS) is 21.3. The Morgan fingerprint density at radius 3 is 2.58 bits per heavy atom. The van der Waals surface area contributed by atoms with Crippen LogP contribution in [-0.2, 0) is 19.5 Å². The third-order valence-electron chi connectivity index (χ3n) is 4.66. The van der Waals surface area contributed by atoms with E-state index in [1.807, 2.05) is 0 Å². The molecule has 1 aromatic carbocycles. The Hall–Kier alpha value is -0.860. The number of rotatable bonds is 3. The molecule has 2 nitrogen and oxygen atoms in total. The summed E-state index contributed by atoms with van der Waals surface area (Å²) in [5.41, 5.74) is 4.67. The van der Waals surface area contributed by atoms with Gasteiger partial charge in [0.2, 0.25) is 0 Å². The Balaban J connectivity index is 1.67. The second-order valence-electron chi connectivity index (χ2n) is 6.06. The van der Waals surface area contributed by atoms with Gasteiger partial charge in [-0.3, -0.25) is 9.80 Å². The lowest BCUT2D eigenvalue weighted by Gasteiger charge is -2.29. The standard InChI is InChI=1S/C17H26N2/c1-2-18-11-8-16-12-15(6-7-17(16)14-18)13-19-9-4-3-5-10-19/h6-7,12H,2-5,8-11,13-14H2,1H3. The summed E-state index contributed by atoms with van der Waals surface area (Å²) in [4.78, 5) is 5.15. The monoisotopic (exact) mass is 258 g/mol. The molecule has 0 aliphatic carbocycles. The van der Waals surface area contributed by atoms with Crippen LogP contribution in [0.25, 0.3) is 0 Å². The molecule has 0 atom stereocenters. The highest BCUT2D eigenvalue weighted by molar-refractivity contribution is 5.33. The maximum absolute atomic E-state index is 2.62. The van der Waals surface area contributed by atoms with Crippen LogP contribution < -0.4 is 0 Å². The number of benzene rings is 1. The maximum atomic E-state index is 2.62. The smallest absolute Gasteiger partial charge is 0.0236 e. The number of hydrogen-bond acceptors (Lipinski definition) is 2. The average Bonchev–Trinajstić information content (AvgIpc) is 2.48. The topological polar surface area (TPSA) is 6.48 Å². The lowest BCUT2D eigenvalue weighted by Crippen LogP contribution is -2.31. The highest BCUT2D eigenvalue weighted by Crippen LogP contribution is 2.21. The quantitative estimate of drug-likeness (QED) is 0.822. The number of fused-ring (bicyclic) bond motifs is 1. The van der Waals surface area contributed by atoms with Crippen LogP contribution in [-0.4, -0.2) is 36.0 Å². The van der Waals surface area contributed by atoms with Crippen molar-refractivity contribution >= 4 is 0 Å². The van der Waals surface area contributed by atoms with Gasteiger partial charge in [-0.15, -0.1) is 0 Å². The van der Waals surface area contributed by atoms with Crippen molar-refractivity contribution < 1.29 is 0 Å². The maximum Gasteiger partial charge on any atom is 0.0236 e. The number of likely N-dealkylation sites (N-methyl/N-ethyl adjacent to an activating group) is 1. The van der Waals surface area contributed by atoms with E-state index >= 15 is 0 Å². The molecule has 0 saturated carbocycles. The molecule has 0 N–H and O–H groups in total. The molecular weight excluding hydrogens is 232 g/mol. The molecule has 104 valence electrons. The minimum absolute atomic E-state index is 1.15. The van der Waals surface area contributed by atoms with Crippen molar-refractivity contribution in [2.24, 2.45) is 0 Å². The van der Waals surface area contributed by atoms with Crippen molar-refractivity contribution in [3.05, 3.63) is 34.9 Å². The Kier molecular flexibility index (Phi) is 4.19. The van der Waals surface area contributed by atoms with Crippen LogP contribution in [0.5, 0.6) is 0 Å². The predicted octanol–water partition coefficient (Wildman–Crippen LogP) is 3.05. The van der Waals surface area contributed by atoms with Crippen LogP contribution in [0.3, 0.4) is 0 Å². The number of hydrogen-bond donors (Lipinski definition) is 0. The van der Waals surface area contributed by atoms with Crippen LogP contribution in [0.1, 0.15) is 42.9 Å². The largest absolute Gasteiger partial charge is 0.299 e. The summed E-state index contributed by atoms with van der Waals surface area (Å²) in [7, 11) is 0. The van der Waals surface area contributed by atoms with Crippen molar-refractivity contribution in [3.8, 4) is 0 Å². The fourth-order valence-electron chi connectivity index (χ4n) is 3.41. The third-order valence-corrected chi connectivity index (χ3v) is 4.66. The van der Waals surface area contributed by atoms with Crippen LogP contribution >= 0.6 is 0 Å². The van der Waals surface area contributed by atoms with E-state index in [4.69, 9.17) is 0 Å². The van der Waals surface area contributed by atoms with Gasteiger partial charge in [0.1, 0.15) is 0 Å². The van der Waals surface area contributed by atoms with Crippen molar-refractivity contribution in [1.82, 2.24) is 9.80 Å². The van der Waals surface area contributed by atoms with Gasteiger partial charge in [-0.25, -0.2) is 0 Å². The summed E-state index contributed by atoms with van der Waals surface area (Å²) in [5, 5.41) is 0. The van der Waals surface area contributed by atoms with E-state index in [0.717, 1.165) is 13.1 Å². The molecule has 3 rings (SSSR count). The molecule has 19 heavy (non-hydrogen) atoms. The second kappa shape index (κ2) is 6.06. The van der Waals surface area contributed by atoms with E-state index < -0.39 is 0 Å². The van der Waals surface area contributed by atoms with Crippen LogP contribution in [0.15, 0.2) is 18.2 Å². The number of nitrogens with zero attached hydrogens (tertiary/aromatic N) is 2. The van der Waals surface area contributed by atoms with Crippen molar-refractivity contribution in [3.63, 3.8) is 0 Å². The van der Waals surface area contributed by atoms with Gasteiger partial charge in [0, 0.05) is 19.6 Å². The molecule has 2 heteroatoms. The zero-order valence-corrected chi connectivity index (χ0v) is 12.2. The van der Waals surface area contributed by atoms with Gasteiger partial charge in [0.05, 0.1) is 0 Å². The Labute approximate surface area is 117 Å². The first-order valence-corrected chi connectivity index (χ1v) is 7.90. The van der Waals surface area contributed by atoms with E-state index in [9.17, 15) is 0 Å². The lowest BCUT2D eigenvalue weighted by atomic mass is 9.97. The zero-order chi connectivity index (χ0) is 13.1. The lowest BCUT2D eigenvalue weighted by molar-refractivity contribution is 0.220. The van der Waals surface area contributed by atoms with E-state index in [1.165, 1.54) is 57.4 Å². The molecule has 1 aromatic rings. The summed E-state index contributed by atoms with van der Waals surface area (Å²) < 4.78 is 0. The minimum Gasteiger partial charge on any atom is -0.299 e. The fraction of sp³-hybridized carbons (Fsp3) is 0.647. The van der Waals surface area contributed by atoms with Crippen LogP contribution in [0.2, 0.25) is 0 Å². The molecule has 0 aromatic heterocycles. The first kappa shape index (κ1) is 13.1. The Bertz CT molecular complexity index is 421. The summed E-state index contributed by atoms with van der Waals surface area (Å²) in [6.45, 7) is 9.56. The predicted molar refractivity (Wildman–Crippen MR) is 80.2 cm³/mol. The van der Waals surface area contributed by atoms with Gasteiger partial charge < -0.3 is 0 Å². The van der Waals surface area contributed by atoms with Gasteiger partial charge in [-0.1, -0.05) is 31.5 Å². The van der Waals surface area contributed by atoms with Crippen LogP contribution in [0.4, 0.5) is 0 Å². The van der Waals surface area contributed by atoms with Gasteiger partial charge in [0.15, 0.2) is 0 Å². The van der Waals surface area contributed by atoms with Gasteiger partial charge >= 0.3 is 0 Å². The number of piperidine rings is 1. The second-order valence-corrected chi connectivity index (χ2v) is 6.06. The first-order chi connectivity index (χ1) is 9.35.